The molecule has 0 radical (unpaired) electrons. The van der Waals surface area contributed by atoms with Crippen molar-refractivity contribution in [1.82, 2.24) is 4.31 Å². The van der Waals surface area contributed by atoms with Gasteiger partial charge in [0.05, 0.1) is 5.69 Å². The van der Waals surface area contributed by atoms with Crippen molar-refractivity contribution < 1.29 is 8.42 Å². The lowest BCUT2D eigenvalue weighted by Gasteiger charge is -2.17. The molecule has 0 unspecified atom stereocenters. The summed E-state index contributed by atoms with van der Waals surface area (Å²) >= 11 is 0. The van der Waals surface area contributed by atoms with Gasteiger partial charge in [0.25, 0.3) is 0 Å². The molecule has 5 nitrogen and oxygen atoms in total. The van der Waals surface area contributed by atoms with Crippen LogP contribution in [-0.4, -0.2) is 32.4 Å². The summed E-state index contributed by atoms with van der Waals surface area (Å²) in [5.74, 6) is 0. The average Bonchev–Trinajstić information content (AvgIpc) is 2.36. The molecule has 1 aromatic carbocycles. The van der Waals surface area contributed by atoms with Gasteiger partial charge in [0.1, 0.15) is 4.90 Å². The quantitative estimate of drug-likeness (QED) is 0.710. The van der Waals surface area contributed by atoms with Crippen LogP contribution in [0.5, 0.6) is 0 Å². The minimum absolute atomic E-state index is 0.270. The summed E-state index contributed by atoms with van der Waals surface area (Å²) in [6.07, 6.45) is 0. The number of rotatable bonds is 1. The highest BCUT2D eigenvalue weighted by Gasteiger charge is 2.28. The predicted octanol–water partition coefficient (Wildman–Crippen LogP) is 0.705. The van der Waals surface area contributed by atoms with E-state index in [0.29, 0.717) is 31.0 Å². The molecule has 0 spiro atoms. The Labute approximate surface area is 95.3 Å². The molecule has 6 heteroatoms. The zero-order valence-electron chi connectivity index (χ0n) is 9.10. The maximum absolute atomic E-state index is 12.2. The van der Waals surface area contributed by atoms with Gasteiger partial charge in [0.15, 0.2) is 0 Å². The summed E-state index contributed by atoms with van der Waals surface area (Å²) < 4.78 is 25.9. The summed E-state index contributed by atoms with van der Waals surface area (Å²) in [7, 11) is -3.40. The van der Waals surface area contributed by atoms with Gasteiger partial charge in [-0.05, 0) is 18.2 Å². The van der Waals surface area contributed by atoms with Gasteiger partial charge in [-0.25, -0.2) is 8.42 Å². The third-order valence-corrected chi connectivity index (χ3v) is 4.67. The second-order valence-corrected chi connectivity index (χ2v) is 5.59. The molecule has 1 aliphatic heterocycles. The van der Waals surface area contributed by atoms with Gasteiger partial charge in [-0.2, -0.15) is 4.31 Å². The first-order valence-corrected chi connectivity index (χ1v) is 6.63. The first kappa shape index (κ1) is 11.2. The number of sulfonamides is 1. The summed E-state index contributed by atoms with van der Waals surface area (Å²) in [5, 5.41) is 3.10. The molecule has 3 N–H and O–H groups in total. The Morgan fingerprint density at radius 3 is 2.94 bits per heavy atom. The maximum Gasteiger partial charge on any atom is 0.245 e. The highest BCUT2D eigenvalue weighted by Crippen LogP contribution is 2.28. The standard InChI is InChI=1S/C10H15N3O2S/c1-2-13-6-5-12-9-4-3-8(11)7-10(9)16(13,14)15/h3-4,7,12H,2,5-6,11H2,1H3. The third kappa shape index (κ3) is 1.74. The highest BCUT2D eigenvalue weighted by atomic mass is 32.2. The van der Waals surface area contributed by atoms with Crippen LogP contribution < -0.4 is 11.1 Å². The number of likely N-dealkylation sites (N-methyl/N-ethyl adjacent to an activating group) is 1. The zero-order chi connectivity index (χ0) is 11.8. The molecule has 0 amide bonds. The fourth-order valence-electron chi connectivity index (χ4n) is 1.80. The van der Waals surface area contributed by atoms with E-state index in [1.807, 2.05) is 6.92 Å². The van der Waals surface area contributed by atoms with Crippen molar-refractivity contribution in [3.63, 3.8) is 0 Å². The number of fused-ring (bicyclic) bond motifs is 1. The van der Waals surface area contributed by atoms with Crippen LogP contribution in [0.15, 0.2) is 23.1 Å². The van der Waals surface area contributed by atoms with Crippen LogP contribution in [0.2, 0.25) is 0 Å². The molecular weight excluding hydrogens is 226 g/mol. The third-order valence-electron chi connectivity index (χ3n) is 2.65. The van der Waals surface area contributed by atoms with Crippen molar-refractivity contribution in [3.8, 4) is 0 Å². The van der Waals surface area contributed by atoms with E-state index in [1.54, 1.807) is 12.1 Å². The first-order valence-electron chi connectivity index (χ1n) is 5.19. The molecular formula is C10H15N3O2S. The van der Waals surface area contributed by atoms with Gasteiger partial charge in [0.2, 0.25) is 10.0 Å². The van der Waals surface area contributed by atoms with Gasteiger partial charge in [-0.15, -0.1) is 0 Å². The van der Waals surface area contributed by atoms with Crippen LogP contribution in [0.3, 0.4) is 0 Å². The molecule has 2 rings (SSSR count). The van der Waals surface area contributed by atoms with Gasteiger partial charge in [-0.3, -0.25) is 0 Å². The van der Waals surface area contributed by atoms with Gasteiger partial charge in [0, 0.05) is 25.3 Å². The van der Waals surface area contributed by atoms with Crippen LogP contribution in [0.4, 0.5) is 11.4 Å². The minimum atomic E-state index is -3.40. The molecule has 0 saturated heterocycles. The monoisotopic (exact) mass is 241 g/mol. The van der Waals surface area contributed by atoms with Crippen molar-refractivity contribution in [1.29, 1.82) is 0 Å². The van der Waals surface area contributed by atoms with E-state index in [9.17, 15) is 8.42 Å². The van der Waals surface area contributed by atoms with E-state index >= 15 is 0 Å². The van der Waals surface area contributed by atoms with Crippen molar-refractivity contribution in [2.45, 2.75) is 11.8 Å². The van der Waals surface area contributed by atoms with Crippen LogP contribution in [0, 0.1) is 0 Å². The summed E-state index contributed by atoms with van der Waals surface area (Å²) in [5.41, 5.74) is 6.72. The zero-order valence-corrected chi connectivity index (χ0v) is 9.92. The Hall–Kier alpha value is -1.27. The Morgan fingerprint density at radius 2 is 2.25 bits per heavy atom. The average molecular weight is 241 g/mol. The molecule has 1 heterocycles. The summed E-state index contributed by atoms with van der Waals surface area (Å²) in [4.78, 5) is 0.270. The fraction of sp³-hybridized carbons (Fsp3) is 0.400. The lowest BCUT2D eigenvalue weighted by atomic mass is 10.3. The van der Waals surface area contributed by atoms with Crippen LogP contribution in [0.25, 0.3) is 0 Å². The Morgan fingerprint density at radius 1 is 1.50 bits per heavy atom. The topological polar surface area (TPSA) is 75.4 Å². The summed E-state index contributed by atoms with van der Waals surface area (Å²) in [6, 6.07) is 4.91. The lowest BCUT2D eigenvalue weighted by molar-refractivity contribution is 0.443. The SMILES string of the molecule is CCN1CCNc2ccc(N)cc2S1(=O)=O. The van der Waals surface area contributed by atoms with Gasteiger partial charge < -0.3 is 11.1 Å². The Kier molecular flexibility index (Phi) is 2.77. The van der Waals surface area contributed by atoms with E-state index < -0.39 is 10.0 Å². The van der Waals surface area contributed by atoms with Crippen molar-refractivity contribution in [2.24, 2.45) is 0 Å². The minimum Gasteiger partial charge on any atom is -0.399 e. The fourth-order valence-corrected chi connectivity index (χ4v) is 3.45. The van der Waals surface area contributed by atoms with E-state index in [1.165, 1.54) is 10.4 Å². The number of anilines is 2. The number of nitrogens with zero attached hydrogens (tertiary/aromatic N) is 1. The molecule has 1 aliphatic rings. The number of hydrogen-bond acceptors (Lipinski definition) is 4. The molecule has 88 valence electrons. The van der Waals surface area contributed by atoms with Crippen molar-refractivity contribution >= 4 is 21.4 Å². The molecule has 0 aliphatic carbocycles. The van der Waals surface area contributed by atoms with E-state index in [-0.39, 0.29) is 4.90 Å². The van der Waals surface area contributed by atoms with Gasteiger partial charge >= 0.3 is 0 Å². The number of nitrogens with two attached hydrogens (primary N) is 1. The smallest absolute Gasteiger partial charge is 0.245 e. The molecule has 0 atom stereocenters. The normalized spacial score (nSPS) is 19.6. The van der Waals surface area contributed by atoms with E-state index in [4.69, 9.17) is 5.73 Å². The first-order chi connectivity index (χ1) is 7.55. The second kappa shape index (κ2) is 3.95. The van der Waals surface area contributed by atoms with Crippen molar-refractivity contribution in [3.05, 3.63) is 18.2 Å². The summed E-state index contributed by atoms with van der Waals surface area (Å²) in [6.45, 7) is 3.39. The van der Waals surface area contributed by atoms with E-state index in [2.05, 4.69) is 5.32 Å². The molecule has 0 bridgehead atoms. The van der Waals surface area contributed by atoms with Gasteiger partial charge in [-0.1, -0.05) is 6.92 Å². The van der Waals surface area contributed by atoms with Crippen LogP contribution in [-0.2, 0) is 10.0 Å². The van der Waals surface area contributed by atoms with Crippen LogP contribution in [0.1, 0.15) is 6.92 Å². The largest absolute Gasteiger partial charge is 0.399 e. The molecule has 0 aromatic heterocycles. The number of benzene rings is 1. The Balaban J connectivity index is 2.61. The predicted molar refractivity (Wildman–Crippen MR) is 63.8 cm³/mol. The molecule has 0 saturated carbocycles. The number of nitrogen functional groups attached to an aromatic ring is 1. The molecule has 1 aromatic rings. The molecule has 0 fully saturated rings. The Bertz CT molecular complexity index is 499. The van der Waals surface area contributed by atoms with Crippen LogP contribution >= 0.6 is 0 Å². The van der Waals surface area contributed by atoms with Crippen molar-refractivity contribution in [2.75, 3.05) is 30.7 Å². The highest BCUT2D eigenvalue weighted by molar-refractivity contribution is 7.89. The molecule has 16 heavy (non-hydrogen) atoms. The second-order valence-electron chi connectivity index (χ2n) is 3.68. The maximum atomic E-state index is 12.2. The van der Waals surface area contributed by atoms with E-state index in [0.717, 1.165) is 0 Å². The number of nitrogens with one attached hydrogen (secondary N) is 1. The number of hydrogen-bond donors (Lipinski definition) is 2. The lowest BCUT2D eigenvalue weighted by Crippen LogP contribution is -2.32.